The van der Waals surface area contributed by atoms with Crippen LogP contribution in [0.3, 0.4) is 0 Å². The van der Waals surface area contributed by atoms with Gasteiger partial charge in [0, 0.05) is 13.1 Å². The number of piperazine rings is 1. The summed E-state index contributed by atoms with van der Waals surface area (Å²) in [6, 6.07) is 0.928. The SMILES string of the molecule is C=CCN(CC=C)C(=O)[C@@H](C)[NH+]1CC[NH+](C2CCCCC2)CC1. The van der Waals surface area contributed by atoms with Gasteiger partial charge in [-0.05, 0) is 32.6 Å². The zero-order valence-electron chi connectivity index (χ0n) is 14.9. The van der Waals surface area contributed by atoms with Crippen molar-refractivity contribution in [3.05, 3.63) is 25.3 Å². The van der Waals surface area contributed by atoms with Gasteiger partial charge >= 0.3 is 0 Å². The summed E-state index contributed by atoms with van der Waals surface area (Å²) in [5, 5.41) is 0. The molecule has 2 N–H and O–H groups in total. The molecular weight excluding hydrogens is 286 g/mol. The monoisotopic (exact) mass is 321 g/mol. The summed E-state index contributed by atoms with van der Waals surface area (Å²) in [7, 11) is 0. The summed E-state index contributed by atoms with van der Waals surface area (Å²) in [5.41, 5.74) is 0. The van der Waals surface area contributed by atoms with E-state index in [0.29, 0.717) is 13.1 Å². The summed E-state index contributed by atoms with van der Waals surface area (Å²) < 4.78 is 0. The lowest BCUT2D eigenvalue weighted by molar-refractivity contribution is -1.03. The lowest BCUT2D eigenvalue weighted by Crippen LogP contribution is -3.31. The normalized spacial score (nSPS) is 27.2. The number of carbonyl (C=O) groups is 1. The van der Waals surface area contributed by atoms with E-state index in [-0.39, 0.29) is 11.9 Å². The van der Waals surface area contributed by atoms with E-state index in [1.807, 2.05) is 4.90 Å². The van der Waals surface area contributed by atoms with Crippen LogP contribution in [0, 0.1) is 0 Å². The third kappa shape index (κ3) is 4.92. The molecule has 1 aliphatic carbocycles. The number of nitrogens with zero attached hydrogens (tertiary/aromatic N) is 1. The molecule has 1 amide bonds. The minimum atomic E-state index is 0.0443. The molecular formula is C19H35N3O+2. The second kappa shape index (κ2) is 9.24. The van der Waals surface area contributed by atoms with Crippen LogP contribution in [0.5, 0.6) is 0 Å². The van der Waals surface area contributed by atoms with Gasteiger partial charge in [0.1, 0.15) is 26.2 Å². The first-order chi connectivity index (χ1) is 11.2. The van der Waals surface area contributed by atoms with E-state index >= 15 is 0 Å². The van der Waals surface area contributed by atoms with Crippen LogP contribution in [0.25, 0.3) is 0 Å². The highest BCUT2D eigenvalue weighted by Crippen LogP contribution is 2.15. The van der Waals surface area contributed by atoms with Gasteiger partial charge in [-0.3, -0.25) is 4.79 Å². The van der Waals surface area contributed by atoms with Crippen molar-refractivity contribution in [2.75, 3.05) is 39.3 Å². The van der Waals surface area contributed by atoms with Crippen molar-refractivity contribution in [3.63, 3.8) is 0 Å². The van der Waals surface area contributed by atoms with E-state index in [1.54, 1.807) is 17.1 Å². The highest BCUT2D eigenvalue weighted by Gasteiger charge is 2.35. The van der Waals surface area contributed by atoms with Gasteiger partial charge in [0.05, 0.1) is 6.04 Å². The lowest BCUT2D eigenvalue weighted by atomic mass is 9.93. The summed E-state index contributed by atoms with van der Waals surface area (Å²) >= 11 is 0. The van der Waals surface area contributed by atoms with Gasteiger partial charge in [0.15, 0.2) is 6.04 Å². The van der Waals surface area contributed by atoms with Crippen LogP contribution in [0.2, 0.25) is 0 Å². The Kier molecular flexibility index (Phi) is 7.31. The highest BCUT2D eigenvalue weighted by molar-refractivity contribution is 5.80. The van der Waals surface area contributed by atoms with Gasteiger partial charge in [-0.1, -0.05) is 18.6 Å². The average molecular weight is 322 g/mol. The highest BCUT2D eigenvalue weighted by atomic mass is 16.2. The molecule has 0 aromatic rings. The molecule has 0 unspecified atom stereocenters. The number of hydrogen-bond acceptors (Lipinski definition) is 1. The minimum absolute atomic E-state index is 0.0443. The summed E-state index contributed by atoms with van der Waals surface area (Å²) in [4.78, 5) is 17.8. The van der Waals surface area contributed by atoms with Crippen molar-refractivity contribution in [3.8, 4) is 0 Å². The Bertz CT molecular complexity index is 385. The van der Waals surface area contributed by atoms with Crippen LogP contribution < -0.4 is 9.80 Å². The smallest absolute Gasteiger partial charge is 0.281 e. The van der Waals surface area contributed by atoms with Crippen LogP contribution >= 0.6 is 0 Å². The maximum atomic E-state index is 12.7. The Hall–Kier alpha value is -1.13. The predicted molar refractivity (Wildman–Crippen MR) is 94.7 cm³/mol. The molecule has 130 valence electrons. The van der Waals surface area contributed by atoms with E-state index in [4.69, 9.17) is 0 Å². The van der Waals surface area contributed by atoms with Gasteiger partial charge < -0.3 is 14.7 Å². The largest absolute Gasteiger partial charge is 0.330 e. The van der Waals surface area contributed by atoms with E-state index in [9.17, 15) is 4.79 Å². The standard InChI is InChI=1S/C19H33N3O/c1-4-11-22(12-5-2)19(23)17(3)20-13-15-21(16-14-20)18-9-7-6-8-10-18/h4-5,17-18H,1-2,6-16H2,3H3/p+2/t17-/m1/s1. The number of amides is 1. The van der Waals surface area contributed by atoms with Crippen LogP contribution in [0.1, 0.15) is 39.0 Å². The summed E-state index contributed by atoms with van der Waals surface area (Å²) in [6.07, 6.45) is 10.7. The van der Waals surface area contributed by atoms with Gasteiger partial charge in [-0.2, -0.15) is 0 Å². The van der Waals surface area contributed by atoms with Crippen LogP contribution in [0.4, 0.5) is 0 Å². The topological polar surface area (TPSA) is 29.2 Å². The zero-order chi connectivity index (χ0) is 16.7. The molecule has 0 aromatic heterocycles. The summed E-state index contributed by atoms with van der Waals surface area (Å²) in [6.45, 7) is 15.5. The van der Waals surface area contributed by atoms with Crippen molar-refractivity contribution in [1.29, 1.82) is 0 Å². The molecule has 1 heterocycles. The van der Waals surface area contributed by atoms with E-state index in [1.165, 1.54) is 50.1 Å². The number of rotatable bonds is 7. The number of quaternary nitrogens is 2. The van der Waals surface area contributed by atoms with E-state index < -0.39 is 0 Å². The van der Waals surface area contributed by atoms with Crippen molar-refractivity contribution in [2.45, 2.75) is 51.1 Å². The van der Waals surface area contributed by atoms with Crippen LogP contribution in [0.15, 0.2) is 25.3 Å². The molecule has 0 radical (unpaired) electrons. The first-order valence-corrected chi connectivity index (χ1v) is 9.37. The quantitative estimate of drug-likeness (QED) is 0.619. The molecule has 0 spiro atoms. The molecule has 2 rings (SSSR count). The molecule has 2 aliphatic rings. The predicted octanol–water partition coefficient (Wildman–Crippen LogP) is -0.308. The Morgan fingerprint density at radius 2 is 1.65 bits per heavy atom. The number of carbonyl (C=O) groups excluding carboxylic acids is 1. The van der Waals surface area contributed by atoms with Crippen molar-refractivity contribution < 1.29 is 14.6 Å². The van der Waals surface area contributed by atoms with Crippen molar-refractivity contribution >= 4 is 5.91 Å². The van der Waals surface area contributed by atoms with Gasteiger partial charge in [0.2, 0.25) is 0 Å². The van der Waals surface area contributed by atoms with Gasteiger partial charge in [-0.25, -0.2) is 0 Å². The number of nitrogens with one attached hydrogen (secondary N) is 2. The van der Waals surface area contributed by atoms with Crippen LogP contribution in [-0.2, 0) is 4.79 Å². The second-order valence-corrected chi connectivity index (χ2v) is 7.19. The maximum absolute atomic E-state index is 12.7. The molecule has 2 fully saturated rings. The van der Waals surface area contributed by atoms with E-state index in [0.717, 1.165) is 19.1 Å². The molecule has 23 heavy (non-hydrogen) atoms. The Labute approximate surface area is 141 Å². The van der Waals surface area contributed by atoms with Gasteiger partial charge in [-0.15, -0.1) is 13.2 Å². The minimum Gasteiger partial charge on any atom is -0.330 e. The fourth-order valence-electron chi connectivity index (χ4n) is 4.26. The molecule has 4 nitrogen and oxygen atoms in total. The second-order valence-electron chi connectivity index (χ2n) is 7.19. The number of hydrogen-bond donors (Lipinski definition) is 2. The van der Waals surface area contributed by atoms with Crippen molar-refractivity contribution in [1.82, 2.24) is 4.90 Å². The Morgan fingerprint density at radius 3 is 2.17 bits per heavy atom. The maximum Gasteiger partial charge on any atom is 0.281 e. The third-order valence-electron chi connectivity index (χ3n) is 5.71. The molecule has 1 aliphatic heterocycles. The van der Waals surface area contributed by atoms with E-state index in [2.05, 4.69) is 20.1 Å². The fraction of sp³-hybridized carbons (Fsp3) is 0.737. The Balaban J connectivity index is 1.84. The molecule has 1 saturated heterocycles. The molecule has 0 aromatic carbocycles. The molecule has 1 atom stereocenters. The molecule has 1 saturated carbocycles. The lowest BCUT2D eigenvalue weighted by Gasteiger charge is -2.38. The third-order valence-corrected chi connectivity index (χ3v) is 5.71. The van der Waals surface area contributed by atoms with Crippen molar-refractivity contribution in [2.24, 2.45) is 0 Å². The average Bonchev–Trinajstić information content (AvgIpc) is 2.61. The molecule has 4 heteroatoms. The Morgan fingerprint density at radius 1 is 1.09 bits per heavy atom. The summed E-state index contributed by atoms with van der Waals surface area (Å²) in [5.74, 6) is 0.237. The first kappa shape index (κ1) is 18.2. The fourth-order valence-corrected chi connectivity index (χ4v) is 4.26. The van der Waals surface area contributed by atoms with Gasteiger partial charge in [0.25, 0.3) is 5.91 Å². The molecule has 0 bridgehead atoms. The zero-order valence-corrected chi connectivity index (χ0v) is 14.9. The first-order valence-electron chi connectivity index (χ1n) is 9.37. The van der Waals surface area contributed by atoms with Crippen LogP contribution in [-0.4, -0.2) is 62.2 Å².